The Bertz CT molecular complexity index is 1850. The van der Waals surface area contributed by atoms with Crippen molar-refractivity contribution in [2.75, 3.05) is 13.2 Å². The average molecular weight is 525 g/mol. The Labute approximate surface area is 224 Å². The predicted molar refractivity (Wildman–Crippen MR) is 148 cm³/mol. The molecule has 0 aliphatic rings. The number of rotatable bonds is 7. The van der Waals surface area contributed by atoms with Crippen LogP contribution in [0.25, 0.3) is 27.5 Å². The second-order valence-electron chi connectivity index (χ2n) is 9.49. The highest BCUT2D eigenvalue weighted by Crippen LogP contribution is 2.20. The zero-order chi connectivity index (χ0) is 27.5. The Hall–Kier alpha value is -4.79. The van der Waals surface area contributed by atoms with Gasteiger partial charge >= 0.3 is 5.97 Å². The summed E-state index contributed by atoms with van der Waals surface area (Å²) in [6, 6.07) is 20.0. The van der Waals surface area contributed by atoms with E-state index < -0.39 is 11.9 Å². The predicted octanol–water partition coefficient (Wildman–Crippen LogP) is 4.14. The van der Waals surface area contributed by atoms with Crippen LogP contribution in [0.1, 0.15) is 31.1 Å². The first-order valence-electron chi connectivity index (χ1n) is 12.8. The molecule has 0 fully saturated rings. The van der Waals surface area contributed by atoms with Gasteiger partial charge in [0, 0.05) is 12.7 Å². The summed E-state index contributed by atoms with van der Waals surface area (Å²) in [5, 5.41) is 2.26. The molecular weight excluding hydrogens is 496 g/mol. The summed E-state index contributed by atoms with van der Waals surface area (Å²) in [6.45, 7) is 5.79. The van der Waals surface area contributed by atoms with Crippen LogP contribution in [0.3, 0.4) is 0 Å². The van der Waals surface area contributed by atoms with E-state index in [1.54, 1.807) is 42.0 Å². The molecule has 9 heteroatoms. The summed E-state index contributed by atoms with van der Waals surface area (Å²) in [5.74, 6) is -0.665. The third-order valence-electron chi connectivity index (χ3n) is 6.15. The van der Waals surface area contributed by atoms with E-state index in [1.165, 1.54) is 10.5 Å². The van der Waals surface area contributed by atoms with Crippen LogP contribution in [0.2, 0.25) is 0 Å². The van der Waals surface area contributed by atoms with E-state index in [0.29, 0.717) is 23.6 Å². The third kappa shape index (κ3) is 5.29. The lowest BCUT2D eigenvalue weighted by Gasteiger charge is -2.16. The highest BCUT2D eigenvalue weighted by molar-refractivity contribution is 5.94. The molecule has 0 spiro atoms. The second-order valence-corrected chi connectivity index (χ2v) is 9.49. The van der Waals surface area contributed by atoms with Crippen LogP contribution >= 0.6 is 0 Å². The molecule has 3 aromatic heterocycles. The molecule has 5 rings (SSSR count). The van der Waals surface area contributed by atoms with Gasteiger partial charge in [-0.05, 0) is 53.9 Å². The first-order valence-corrected chi connectivity index (χ1v) is 12.8. The summed E-state index contributed by atoms with van der Waals surface area (Å²) in [5.41, 5.74) is 0.521. The van der Waals surface area contributed by atoms with Crippen molar-refractivity contribution in [3.63, 3.8) is 0 Å². The molecule has 1 amide bonds. The van der Waals surface area contributed by atoms with Crippen LogP contribution < -0.4 is 15.8 Å². The molecule has 0 radical (unpaired) electrons. The lowest BCUT2D eigenvalue weighted by Crippen LogP contribution is -2.34. The summed E-state index contributed by atoms with van der Waals surface area (Å²) in [6.07, 6.45) is 1.62. The smallest absolute Gasteiger partial charge is 0.341 e. The number of carbonyl (C=O) groups excluding carboxylic acids is 2. The number of benzene rings is 2. The van der Waals surface area contributed by atoms with Crippen molar-refractivity contribution in [1.82, 2.24) is 14.0 Å². The lowest BCUT2D eigenvalue weighted by molar-refractivity contribution is -0.120. The van der Waals surface area contributed by atoms with Crippen molar-refractivity contribution in [1.29, 1.82) is 0 Å². The summed E-state index contributed by atoms with van der Waals surface area (Å²) < 4.78 is 14.1. The monoisotopic (exact) mass is 524 g/mol. The first-order chi connectivity index (χ1) is 18.9. The fourth-order valence-electron chi connectivity index (χ4n) is 4.45. The van der Waals surface area contributed by atoms with Gasteiger partial charge in [-0.2, -0.15) is 4.99 Å². The van der Waals surface area contributed by atoms with E-state index in [1.807, 2.05) is 50.2 Å². The Morgan fingerprint density at radius 1 is 1.00 bits per heavy atom. The molecule has 0 bridgehead atoms. The zero-order valence-electron chi connectivity index (χ0n) is 22.0. The third-order valence-corrected chi connectivity index (χ3v) is 6.15. The number of ether oxygens (including phenoxy) is 2. The second kappa shape index (κ2) is 10.9. The van der Waals surface area contributed by atoms with E-state index in [4.69, 9.17) is 14.5 Å². The van der Waals surface area contributed by atoms with E-state index >= 15 is 0 Å². The Kier molecular flexibility index (Phi) is 7.23. The quantitative estimate of drug-likeness (QED) is 0.234. The number of hydrogen-bond acceptors (Lipinski definition) is 6. The van der Waals surface area contributed by atoms with Crippen molar-refractivity contribution in [3.8, 4) is 5.75 Å². The number of amides is 1. The molecule has 0 aliphatic heterocycles. The maximum atomic E-state index is 13.4. The molecule has 5 aromatic rings. The first kappa shape index (κ1) is 25.8. The maximum absolute atomic E-state index is 13.4. The molecule has 0 atom stereocenters. The molecule has 9 nitrogen and oxygen atoms in total. The van der Waals surface area contributed by atoms with Crippen LogP contribution in [-0.2, 0) is 16.1 Å². The van der Waals surface area contributed by atoms with Crippen LogP contribution in [0.5, 0.6) is 5.75 Å². The van der Waals surface area contributed by atoms with E-state index in [9.17, 15) is 14.4 Å². The molecular formula is C30H28N4O5. The van der Waals surface area contributed by atoms with Gasteiger partial charge in [-0.3, -0.25) is 14.0 Å². The number of carbonyl (C=O) groups is 2. The van der Waals surface area contributed by atoms with Crippen LogP contribution in [-0.4, -0.2) is 39.0 Å². The van der Waals surface area contributed by atoms with Crippen molar-refractivity contribution >= 4 is 39.3 Å². The topological polar surface area (TPSA) is 104 Å². The minimum Gasteiger partial charge on any atom is -0.484 e. The number of hydrogen-bond donors (Lipinski definition) is 0. The van der Waals surface area contributed by atoms with E-state index in [0.717, 1.165) is 10.8 Å². The highest BCUT2D eigenvalue weighted by Gasteiger charge is 2.20. The van der Waals surface area contributed by atoms with Crippen molar-refractivity contribution in [2.24, 2.45) is 10.9 Å². The molecule has 0 unspecified atom stereocenters. The number of fused-ring (bicyclic) bond motifs is 3. The molecule has 2 aromatic carbocycles. The minimum atomic E-state index is -0.684. The van der Waals surface area contributed by atoms with Crippen LogP contribution in [0.15, 0.2) is 82.7 Å². The Morgan fingerprint density at radius 3 is 2.54 bits per heavy atom. The normalized spacial score (nSPS) is 11.9. The maximum Gasteiger partial charge on any atom is 0.341 e. The number of aromatic nitrogens is 3. The number of esters is 1. The molecule has 0 N–H and O–H groups in total. The Morgan fingerprint density at radius 2 is 1.77 bits per heavy atom. The highest BCUT2D eigenvalue weighted by atomic mass is 16.5. The van der Waals surface area contributed by atoms with Gasteiger partial charge in [0.25, 0.3) is 11.5 Å². The Balaban J connectivity index is 1.65. The molecule has 0 saturated carbocycles. The zero-order valence-corrected chi connectivity index (χ0v) is 22.0. The van der Waals surface area contributed by atoms with Gasteiger partial charge < -0.3 is 14.0 Å². The number of pyridine rings is 2. The fraction of sp³-hybridized carbons (Fsp3) is 0.233. The fourth-order valence-corrected chi connectivity index (χ4v) is 4.45. The average Bonchev–Trinajstić information content (AvgIpc) is 2.93. The van der Waals surface area contributed by atoms with Crippen molar-refractivity contribution in [3.05, 3.63) is 94.3 Å². The summed E-state index contributed by atoms with van der Waals surface area (Å²) >= 11 is 0. The molecule has 3 heterocycles. The van der Waals surface area contributed by atoms with Gasteiger partial charge in [-0.15, -0.1) is 0 Å². The summed E-state index contributed by atoms with van der Waals surface area (Å²) in [7, 11) is 0. The van der Waals surface area contributed by atoms with Crippen molar-refractivity contribution < 1.29 is 19.1 Å². The van der Waals surface area contributed by atoms with Gasteiger partial charge in [0.2, 0.25) is 0 Å². The molecule has 0 aliphatic carbocycles. The minimum absolute atomic E-state index is 0.0128. The van der Waals surface area contributed by atoms with E-state index in [-0.39, 0.29) is 41.1 Å². The van der Waals surface area contributed by atoms with Crippen LogP contribution in [0.4, 0.5) is 0 Å². The summed E-state index contributed by atoms with van der Waals surface area (Å²) in [4.78, 5) is 48.5. The van der Waals surface area contributed by atoms with Gasteiger partial charge in [0.15, 0.2) is 12.1 Å². The van der Waals surface area contributed by atoms with Crippen LogP contribution in [0, 0.1) is 5.92 Å². The van der Waals surface area contributed by atoms with Gasteiger partial charge in [0.05, 0.1) is 12.0 Å². The molecule has 198 valence electrons. The SMILES string of the molecule is CCOC(=O)c1cc2c(=O)n3ccccc3nc2n(CC(C)C)c1=NC(=O)COc1ccc2ccccc2c1. The van der Waals surface area contributed by atoms with Gasteiger partial charge in [-0.25, -0.2) is 9.78 Å². The van der Waals surface area contributed by atoms with Crippen molar-refractivity contribution in [2.45, 2.75) is 27.3 Å². The largest absolute Gasteiger partial charge is 0.484 e. The van der Waals surface area contributed by atoms with Gasteiger partial charge in [-0.1, -0.05) is 50.2 Å². The van der Waals surface area contributed by atoms with E-state index in [2.05, 4.69) is 4.99 Å². The molecule has 0 saturated heterocycles. The standard InChI is InChI=1S/C30H28N4O5/c1-4-38-30(37)24-16-23-27(31-25-11-7-8-14-33(25)29(23)36)34(17-19(2)3)28(24)32-26(35)18-39-22-13-12-20-9-5-6-10-21(20)15-22/h5-16,19H,4,17-18H2,1-3H3. The number of nitrogens with zero attached hydrogens (tertiary/aromatic N) is 4. The molecule has 39 heavy (non-hydrogen) atoms. The van der Waals surface area contributed by atoms with Gasteiger partial charge in [0.1, 0.15) is 22.6 Å². The lowest BCUT2D eigenvalue weighted by atomic mass is 10.1.